The van der Waals surface area contributed by atoms with E-state index in [1.54, 1.807) is 0 Å². The van der Waals surface area contributed by atoms with E-state index in [0.29, 0.717) is 0 Å². The first kappa shape index (κ1) is 19.5. The van der Waals surface area contributed by atoms with Gasteiger partial charge in [0, 0.05) is 0 Å². The molecule has 4 nitrogen and oxygen atoms in total. The van der Waals surface area contributed by atoms with Crippen LogP contribution in [0, 0.1) is 0 Å². The van der Waals surface area contributed by atoms with Gasteiger partial charge in [0.05, 0.1) is 0 Å². The number of primary amides is 1. The Morgan fingerprint density at radius 1 is 0.741 bits per heavy atom. The molecule has 0 spiro atoms. The molecular weight excluding hydrogens is 470 g/mol. The van der Waals surface area contributed by atoms with Gasteiger partial charge in [-0.25, -0.2) is 4.79 Å². The van der Waals surface area contributed by atoms with Crippen molar-refractivity contribution in [3.63, 3.8) is 0 Å². The van der Waals surface area contributed by atoms with Crippen LogP contribution in [-0.4, -0.2) is 15.6 Å². The van der Waals surface area contributed by atoms with Crippen LogP contribution in [0.5, 0.6) is 0 Å². The van der Waals surface area contributed by atoms with Gasteiger partial charge in [0.1, 0.15) is 23.2 Å². The topological polar surface area (TPSA) is 72.2 Å². The SMILES string of the molecule is NC(=O)NC(=O)C(I)[P+](c1ccccc1)(c1ccccc1)c1ccccc1. The number of hydrogen-bond donors (Lipinski definition) is 2. The molecule has 0 aliphatic rings. The summed E-state index contributed by atoms with van der Waals surface area (Å²) in [7, 11) is -2.39. The van der Waals surface area contributed by atoms with E-state index in [-0.39, 0.29) is 5.91 Å². The highest BCUT2D eigenvalue weighted by molar-refractivity contribution is 14.1. The van der Waals surface area contributed by atoms with Crippen molar-refractivity contribution < 1.29 is 9.59 Å². The Morgan fingerprint density at radius 3 is 1.37 bits per heavy atom. The van der Waals surface area contributed by atoms with Gasteiger partial charge < -0.3 is 5.73 Å². The van der Waals surface area contributed by atoms with Crippen LogP contribution in [0.1, 0.15) is 0 Å². The maximum absolute atomic E-state index is 12.9. The molecule has 1 atom stereocenters. The zero-order chi connectivity index (χ0) is 19.3. The van der Waals surface area contributed by atoms with Crippen LogP contribution >= 0.6 is 29.9 Å². The first-order valence-corrected chi connectivity index (χ1v) is 11.5. The first-order chi connectivity index (χ1) is 13.1. The highest BCUT2D eigenvalue weighted by Crippen LogP contribution is 2.62. The number of nitrogens with two attached hydrogens (primary N) is 1. The fourth-order valence-electron chi connectivity index (χ4n) is 3.19. The van der Waals surface area contributed by atoms with Crippen molar-refractivity contribution in [3.05, 3.63) is 91.0 Å². The van der Waals surface area contributed by atoms with Gasteiger partial charge in [-0.15, -0.1) is 0 Å². The minimum absolute atomic E-state index is 0.381. The molecule has 0 bridgehead atoms. The average Bonchev–Trinajstić information content (AvgIpc) is 2.70. The van der Waals surface area contributed by atoms with Crippen LogP contribution in [0.2, 0.25) is 0 Å². The zero-order valence-electron chi connectivity index (χ0n) is 14.5. The Bertz CT molecular complexity index is 824. The largest absolute Gasteiger partial charge is 0.351 e. The van der Waals surface area contributed by atoms with Gasteiger partial charge in [0.2, 0.25) is 3.67 Å². The molecule has 0 saturated carbocycles. The van der Waals surface area contributed by atoms with E-state index in [0.717, 1.165) is 15.9 Å². The van der Waals surface area contributed by atoms with Crippen LogP contribution in [0.4, 0.5) is 4.79 Å². The molecule has 0 aliphatic carbocycles. The van der Waals surface area contributed by atoms with Crippen LogP contribution in [0.3, 0.4) is 0 Å². The minimum Gasteiger partial charge on any atom is -0.351 e. The summed E-state index contributed by atoms with van der Waals surface area (Å²) >= 11 is 2.16. The van der Waals surface area contributed by atoms with E-state index < -0.39 is 17.0 Å². The van der Waals surface area contributed by atoms with Gasteiger partial charge >= 0.3 is 6.03 Å². The third-order valence-corrected chi connectivity index (χ3v) is 11.6. The second-order valence-corrected chi connectivity index (χ2v) is 11.7. The molecular formula is C21H19IN2O2P+. The van der Waals surface area contributed by atoms with Crippen LogP contribution < -0.4 is 27.0 Å². The molecule has 1 unspecified atom stereocenters. The molecule has 0 aromatic heterocycles. The number of carbonyl (C=O) groups excluding carboxylic acids is 2. The van der Waals surface area contributed by atoms with Crippen LogP contribution in [-0.2, 0) is 4.79 Å². The number of hydrogen-bond acceptors (Lipinski definition) is 2. The Morgan fingerprint density at radius 2 is 1.07 bits per heavy atom. The lowest BCUT2D eigenvalue weighted by Gasteiger charge is -2.30. The predicted molar refractivity (Wildman–Crippen MR) is 121 cm³/mol. The summed E-state index contributed by atoms with van der Waals surface area (Å²) in [5, 5.41) is 5.49. The smallest absolute Gasteiger partial charge is 0.318 e. The maximum Gasteiger partial charge on any atom is 0.318 e. The first-order valence-electron chi connectivity index (χ1n) is 8.36. The van der Waals surface area contributed by atoms with E-state index in [4.69, 9.17) is 5.73 Å². The van der Waals surface area contributed by atoms with Crippen molar-refractivity contribution >= 4 is 57.7 Å². The minimum atomic E-state index is -2.39. The van der Waals surface area contributed by atoms with Gasteiger partial charge in [0.15, 0.2) is 0 Å². The number of nitrogens with one attached hydrogen (secondary N) is 1. The maximum atomic E-state index is 12.9. The number of urea groups is 1. The molecule has 3 rings (SSSR count). The monoisotopic (exact) mass is 489 g/mol. The lowest BCUT2D eigenvalue weighted by atomic mass is 10.4. The van der Waals surface area contributed by atoms with Gasteiger partial charge in [-0.05, 0) is 59.0 Å². The van der Waals surface area contributed by atoms with Gasteiger partial charge in [-0.3, -0.25) is 10.1 Å². The van der Waals surface area contributed by atoms with Gasteiger partial charge in [0.25, 0.3) is 5.91 Å². The molecule has 3 amide bonds. The summed E-state index contributed by atoms with van der Waals surface area (Å²) in [6.07, 6.45) is 0. The van der Waals surface area contributed by atoms with Crippen molar-refractivity contribution in [1.29, 1.82) is 0 Å². The highest BCUT2D eigenvalue weighted by atomic mass is 127. The number of imide groups is 1. The number of amides is 3. The third-order valence-electron chi connectivity index (χ3n) is 4.29. The molecule has 27 heavy (non-hydrogen) atoms. The van der Waals surface area contributed by atoms with Gasteiger partial charge in [-0.2, -0.15) is 0 Å². The lowest BCUT2D eigenvalue weighted by molar-refractivity contribution is -0.117. The molecule has 0 aliphatic heterocycles. The fourth-order valence-corrected chi connectivity index (χ4v) is 10.3. The molecule has 6 heteroatoms. The van der Waals surface area contributed by atoms with Crippen molar-refractivity contribution in [2.75, 3.05) is 0 Å². The number of benzene rings is 3. The number of alkyl halides is 1. The van der Waals surface area contributed by atoms with E-state index in [1.807, 2.05) is 54.6 Å². The third kappa shape index (κ3) is 3.89. The van der Waals surface area contributed by atoms with Crippen LogP contribution in [0.15, 0.2) is 91.0 Å². The molecule has 3 N–H and O–H groups in total. The summed E-state index contributed by atoms with van der Waals surface area (Å²) in [5.74, 6) is -0.381. The van der Waals surface area contributed by atoms with Gasteiger partial charge in [-0.1, -0.05) is 54.6 Å². The predicted octanol–water partition coefficient (Wildman–Crippen LogP) is 2.94. The van der Waals surface area contributed by atoms with Crippen molar-refractivity contribution in [3.8, 4) is 0 Å². The zero-order valence-corrected chi connectivity index (χ0v) is 17.5. The molecule has 136 valence electrons. The van der Waals surface area contributed by atoms with Crippen molar-refractivity contribution in [2.45, 2.75) is 3.67 Å². The summed E-state index contributed by atoms with van der Waals surface area (Å²) in [6.45, 7) is 0. The molecule has 0 fully saturated rings. The standard InChI is InChI=1S/C21H18IN2O2P/c22-19(20(25)24-21(23)26)27(16-10-4-1-5-11-16,17-12-6-2-7-13-17)18-14-8-3-9-15-18/h1-15,19H,(H2-,23,24,25,26)/p+1. The number of halogens is 1. The number of rotatable bonds is 5. The van der Waals surface area contributed by atoms with Crippen LogP contribution in [0.25, 0.3) is 0 Å². The van der Waals surface area contributed by atoms with E-state index in [2.05, 4.69) is 64.3 Å². The summed E-state index contributed by atoms with van der Waals surface area (Å²) in [6, 6.07) is 29.2. The Balaban J connectivity index is 2.32. The van der Waals surface area contributed by atoms with E-state index in [1.165, 1.54) is 0 Å². The summed E-state index contributed by atoms with van der Waals surface area (Å²) < 4.78 is -0.505. The molecule has 0 heterocycles. The van der Waals surface area contributed by atoms with Crippen molar-refractivity contribution in [1.82, 2.24) is 5.32 Å². The summed E-state index contributed by atoms with van der Waals surface area (Å²) in [4.78, 5) is 24.3. The second-order valence-electron chi connectivity index (χ2n) is 5.92. The second kappa shape index (κ2) is 8.63. The molecule has 0 saturated heterocycles. The van der Waals surface area contributed by atoms with Crippen molar-refractivity contribution in [2.24, 2.45) is 5.73 Å². The lowest BCUT2D eigenvalue weighted by Crippen LogP contribution is -2.46. The Hall–Kier alpha value is -2.24. The quantitative estimate of drug-likeness (QED) is 0.329. The normalized spacial score (nSPS) is 12.2. The average molecular weight is 489 g/mol. The fraction of sp³-hybridized carbons (Fsp3) is 0.0476. The molecule has 0 radical (unpaired) electrons. The Kier molecular flexibility index (Phi) is 6.24. The number of carbonyl (C=O) groups is 2. The summed E-state index contributed by atoms with van der Waals surface area (Å²) in [5.41, 5.74) is 5.23. The highest BCUT2D eigenvalue weighted by Gasteiger charge is 2.54. The molecule has 3 aromatic rings. The van der Waals surface area contributed by atoms with E-state index >= 15 is 0 Å². The Labute approximate surface area is 172 Å². The molecule has 3 aromatic carbocycles. The van der Waals surface area contributed by atoms with E-state index in [9.17, 15) is 9.59 Å².